The van der Waals surface area contributed by atoms with Gasteiger partial charge in [0.2, 0.25) is 15.9 Å². The summed E-state index contributed by atoms with van der Waals surface area (Å²) in [5.74, 6) is 0.310. The van der Waals surface area contributed by atoms with E-state index >= 15 is 0 Å². The summed E-state index contributed by atoms with van der Waals surface area (Å²) in [6.45, 7) is 6.10. The first kappa shape index (κ1) is 20.5. The van der Waals surface area contributed by atoms with Crippen molar-refractivity contribution >= 4 is 15.9 Å². The number of benzene rings is 1. The van der Waals surface area contributed by atoms with Crippen molar-refractivity contribution < 1.29 is 17.9 Å². The van der Waals surface area contributed by atoms with Crippen molar-refractivity contribution in [1.29, 1.82) is 0 Å². The summed E-state index contributed by atoms with van der Waals surface area (Å²) in [6, 6.07) is 6.23. The fourth-order valence-corrected chi connectivity index (χ4v) is 4.81. The average molecular weight is 381 g/mol. The molecule has 1 aromatic carbocycles. The molecule has 6 nitrogen and oxygen atoms in total. The number of nitrogens with zero attached hydrogens (tertiary/aromatic N) is 1. The average Bonchev–Trinajstić information content (AvgIpc) is 2.65. The molecule has 2 rings (SSSR count). The van der Waals surface area contributed by atoms with Crippen molar-refractivity contribution in [2.24, 2.45) is 0 Å². The van der Waals surface area contributed by atoms with Gasteiger partial charge in [0.05, 0.1) is 18.0 Å². The number of carbonyl (C=O) groups excluding carboxylic acids is 1. The highest BCUT2D eigenvalue weighted by Crippen LogP contribution is 2.28. The molecule has 0 aromatic heterocycles. The van der Waals surface area contributed by atoms with E-state index in [1.165, 1.54) is 16.4 Å². The molecule has 0 spiro atoms. The molecule has 1 N–H and O–H groups in total. The first-order valence-electron chi connectivity index (χ1n) is 9.11. The Labute approximate surface area is 156 Å². The molecule has 0 bridgehead atoms. The Bertz CT molecular complexity index is 695. The molecule has 7 heteroatoms. The second-order valence-corrected chi connectivity index (χ2v) is 8.23. The molecule has 0 radical (unpaired) electrons. The molecule has 26 heavy (non-hydrogen) atoms. The Kier molecular flexibility index (Phi) is 7.66. The lowest BCUT2D eigenvalue weighted by molar-refractivity contribution is -0.121. The number of sulfonamides is 1. The van der Waals surface area contributed by atoms with Gasteiger partial charge in [0.15, 0.2) is 0 Å². The zero-order valence-electron chi connectivity index (χ0n) is 15.3. The van der Waals surface area contributed by atoms with Crippen LogP contribution in [0.2, 0.25) is 0 Å². The van der Waals surface area contributed by atoms with Crippen molar-refractivity contribution in [2.45, 2.75) is 50.0 Å². The predicted octanol–water partition coefficient (Wildman–Crippen LogP) is 2.71. The van der Waals surface area contributed by atoms with Gasteiger partial charge in [0.1, 0.15) is 5.75 Å². The molecule has 1 fully saturated rings. The Morgan fingerprint density at radius 3 is 2.50 bits per heavy atom. The molecule has 1 aliphatic rings. The van der Waals surface area contributed by atoms with Gasteiger partial charge in [-0.25, -0.2) is 8.42 Å². The van der Waals surface area contributed by atoms with Crippen molar-refractivity contribution in [2.75, 3.05) is 19.7 Å². The van der Waals surface area contributed by atoms with Crippen molar-refractivity contribution in [3.63, 3.8) is 0 Å². The monoisotopic (exact) mass is 380 g/mol. The molecule has 0 aliphatic heterocycles. The van der Waals surface area contributed by atoms with Crippen LogP contribution in [0.1, 0.15) is 39.0 Å². The molecule has 0 heterocycles. The van der Waals surface area contributed by atoms with E-state index in [0.29, 0.717) is 18.9 Å². The predicted molar refractivity (Wildman–Crippen MR) is 102 cm³/mol. The van der Waals surface area contributed by atoms with Gasteiger partial charge < -0.3 is 10.1 Å². The fourth-order valence-electron chi connectivity index (χ4n) is 3.17. The van der Waals surface area contributed by atoms with Crippen molar-refractivity contribution in [1.82, 2.24) is 9.62 Å². The van der Waals surface area contributed by atoms with E-state index in [1.54, 1.807) is 18.2 Å². The SMILES string of the molecule is C=CCNC(=O)CN(C1CCCCC1)S(=O)(=O)c1ccc(OCC)cc1. The molecule has 144 valence electrons. The second kappa shape index (κ2) is 9.73. The van der Waals surface area contributed by atoms with Gasteiger partial charge in [0.25, 0.3) is 0 Å². The molecule has 1 amide bonds. The number of carbonyl (C=O) groups is 1. The van der Waals surface area contributed by atoms with Gasteiger partial charge in [-0.1, -0.05) is 25.3 Å². The third-order valence-corrected chi connectivity index (χ3v) is 6.38. The number of hydrogen-bond donors (Lipinski definition) is 1. The summed E-state index contributed by atoms with van der Waals surface area (Å²) >= 11 is 0. The minimum atomic E-state index is -3.76. The van der Waals surface area contributed by atoms with Crippen molar-refractivity contribution in [3.05, 3.63) is 36.9 Å². The Morgan fingerprint density at radius 2 is 1.92 bits per heavy atom. The van der Waals surface area contributed by atoms with Crippen LogP contribution in [0.4, 0.5) is 0 Å². The lowest BCUT2D eigenvalue weighted by Crippen LogP contribution is -2.47. The highest BCUT2D eigenvalue weighted by Gasteiger charge is 2.33. The van der Waals surface area contributed by atoms with Crippen LogP contribution in [0.15, 0.2) is 41.8 Å². The van der Waals surface area contributed by atoms with Crippen LogP contribution in [-0.4, -0.2) is 44.4 Å². The van der Waals surface area contributed by atoms with E-state index < -0.39 is 10.0 Å². The summed E-state index contributed by atoms with van der Waals surface area (Å²) in [5, 5.41) is 2.67. The summed E-state index contributed by atoms with van der Waals surface area (Å²) in [6.07, 6.45) is 6.21. The Balaban J connectivity index is 2.25. The first-order chi connectivity index (χ1) is 12.5. The second-order valence-electron chi connectivity index (χ2n) is 6.34. The molecule has 1 saturated carbocycles. The number of amides is 1. The van der Waals surface area contributed by atoms with E-state index in [-0.39, 0.29) is 23.4 Å². The largest absolute Gasteiger partial charge is 0.494 e. The zero-order chi connectivity index (χ0) is 19.0. The minimum Gasteiger partial charge on any atom is -0.494 e. The van der Waals surface area contributed by atoms with Crippen LogP contribution in [0.25, 0.3) is 0 Å². The van der Waals surface area contributed by atoms with Crippen molar-refractivity contribution in [3.8, 4) is 5.75 Å². The Hall–Kier alpha value is -1.86. The molecule has 0 saturated heterocycles. The third-order valence-electron chi connectivity index (χ3n) is 4.47. The van der Waals surface area contributed by atoms with E-state index in [9.17, 15) is 13.2 Å². The van der Waals surface area contributed by atoms with E-state index in [1.807, 2.05) is 6.92 Å². The zero-order valence-corrected chi connectivity index (χ0v) is 16.1. The standard InChI is InChI=1S/C19H28N2O4S/c1-3-14-20-19(22)15-21(16-8-6-5-7-9-16)26(23,24)18-12-10-17(11-13-18)25-4-2/h3,10-13,16H,1,4-9,14-15H2,2H3,(H,20,22). The van der Waals surface area contributed by atoms with Crippen LogP contribution < -0.4 is 10.1 Å². The maximum Gasteiger partial charge on any atom is 0.243 e. The number of nitrogens with one attached hydrogen (secondary N) is 1. The van der Waals surface area contributed by atoms with E-state index in [0.717, 1.165) is 32.1 Å². The number of ether oxygens (including phenoxy) is 1. The summed E-state index contributed by atoms with van der Waals surface area (Å²) in [4.78, 5) is 12.4. The lowest BCUT2D eigenvalue weighted by atomic mass is 9.95. The molecule has 1 aromatic rings. The van der Waals surface area contributed by atoms with Gasteiger partial charge in [-0.15, -0.1) is 6.58 Å². The van der Waals surface area contributed by atoms with Gasteiger partial charge in [-0.2, -0.15) is 4.31 Å². The fraction of sp³-hybridized carbons (Fsp3) is 0.526. The van der Waals surface area contributed by atoms with E-state index in [2.05, 4.69) is 11.9 Å². The van der Waals surface area contributed by atoms with Crippen LogP contribution in [0.3, 0.4) is 0 Å². The third kappa shape index (κ3) is 5.32. The smallest absolute Gasteiger partial charge is 0.243 e. The normalized spacial score (nSPS) is 15.6. The molecular weight excluding hydrogens is 352 g/mol. The summed E-state index contributed by atoms with van der Waals surface area (Å²) < 4.78 is 33.1. The molecule has 0 atom stereocenters. The van der Waals surface area contributed by atoms with E-state index in [4.69, 9.17) is 4.74 Å². The Morgan fingerprint density at radius 1 is 1.27 bits per heavy atom. The number of rotatable bonds is 9. The summed E-state index contributed by atoms with van der Waals surface area (Å²) in [7, 11) is -3.76. The highest BCUT2D eigenvalue weighted by atomic mass is 32.2. The van der Waals surface area contributed by atoms with Gasteiger partial charge in [-0.3, -0.25) is 4.79 Å². The first-order valence-corrected chi connectivity index (χ1v) is 10.6. The highest BCUT2D eigenvalue weighted by molar-refractivity contribution is 7.89. The van der Waals surface area contributed by atoms with Gasteiger partial charge >= 0.3 is 0 Å². The molecular formula is C19H28N2O4S. The summed E-state index contributed by atoms with van der Waals surface area (Å²) in [5.41, 5.74) is 0. The van der Waals surface area contributed by atoms with Crippen LogP contribution in [0.5, 0.6) is 5.75 Å². The molecule has 1 aliphatic carbocycles. The maximum atomic E-state index is 13.2. The van der Waals surface area contributed by atoms with Gasteiger partial charge in [0, 0.05) is 12.6 Å². The minimum absolute atomic E-state index is 0.144. The topological polar surface area (TPSA) is 75.7 Å². The van der Waals surface area contributed by atoms with Crippen LogP contribution in [-0.2, 0) is 14.8 Å². The number of hydrogen-bond acceptors (Lipinski definition) is 4. The van der Waals surface area contributed by atoms with Gasteiger partial charge in [-0.05, 0) is 44.0 Å². The van der Waals surface area contributed by atoms with Crippen LogP contribution >= 0.6 is 0 Å². The van der Waals surface area contributed by atoms with Crippen LogP contribution in [0, 0.1) is 0 Å². The lowest BCUT2D eigenvalue weighted by Gasteiger charge is -2.33. The quantitative estimate of drug-likeness (QED) is 0.669. The maximum absolute atomic E-state index is 13.2. The molecule has 0 unspecified atom stereocenters.